The third kappa shape index (κ3) is 3.52. The van der Waals surface area contributed by atoms with E-state index in [-0.39, 0.29) is 17.2 Å². The molecule has 0 spiro atoms. The zero-order valence-electron chi connectivity index (χ0n) is 10.6. The monoisotopic (exact) mass is 328 g/mol. The first-order valence-corrected chi connectivity index (χ1v) is 7.19. The summed E-state index contributed by atoms with van der Waals surface area (Å²) in [5, 5.41) is 20.0. The van der Waals surface area contributed by atoms with E-state index in [1.807, 2.05) is 6.07 Å². The summed E-state index contributed by atoms with van der Waals surface area (Å²) < 4.78 is 0.499. The van der Waals surface area contributed by atoms with Gasteiger partial charge in [0.1, 0.15) is 0 Å². The molecule has 0 unspecified atom stereocenters. The van der Waals surface area contributed by atoms with Crippen LogP contribution in [0.3, 0.4) is 0 Å². The van der Waals surface area contributed by atoms with E-state index in [9.17, 15) is 10.1 Å². The largest absolute Gasteiger partial charge is 0.395 e. The standard InChI is InChI=1S/C13H17BrN2O3/c14-12-5-4-10(8-13(12)16(18)19)9-15(6-7-17)11-2-1-3-11/h4-5,8,11,17H,1-3,6-7,9H2. The van der Waals surface area contributed by atoms with Gasteiger partial charge in [0, 0.05) is 25.2 Å². The van der Waals surface area contributed by atoms with E-state index in [1.54, 1.807) is 12.1 Å². The van der Waals surface area contributed by atoms with Crippen molar-refractivity contribution in [3.63, 3.8) is 0 Å². The van der Waals surface area contributed by atoms with Crippen LogP contribution < -0.4 is 0 Å². The maximum absolute atomic E-state index is 10.9. The van der Waals surface area contributed by atoms with Crippen molar-refractivity contribution in [3.05, 3.63) is 38.3 Å². The lowest BCUT2D eigenvalue weighted by molar-refractivity contribution is -0.385. The highest BCUT2D eigenvalue weighted by Gasteiger charge is 2.25. The Kier molecular flexibility index (Phi) is 4.90. The van der Waals surface area contributed by atoms with Gasteiger partial charge in [-0.1, -0.05) is 12.5 Å². The van der Waals surface area contributed by atoms with Gasteiger partial charge in [-0.15, -0.1) is 0 Å². The van der Waals surface area contributed by atoms with Crippen LogP contribution >= 0.6 is 15.9 Å². The van der Waals surface area contributed by atoms with Gasteiger partial charge in [-0.25, -0.2) is 0 Å². The van der Waals surface area contributed by atoms with Crippen LogP contribution in [0.15, 0.2) is 22.7 Å². The van der Waals surface area contributed by atoms with Crippen molar-refractivity contribution in [1.82, 2.24) is 4.90 Å². The molecule has 1 saturated carbocycles. The summed E-state index contributed by atoms with van der Waals surface area (Å²) in [5.74, 6) is 0. The van der Waals surface area contributed by atoms with Gasteiger partial charge >= 0.3 is 0 Å². The van der Waals surface area contributed by atoms with Crippen molar-refractivity contribution < 1.29 is 10.0 Å². The summed E-state index contributed by atoms with van der Waals surface area (Å²) in [6, 6.07) is 5.72. The van der Waals surface area contributed by atoms with Gasteiger partial charge in [0.25, 0.3) is 5.69 Å². The molecule has 5 nitrogen and oxygen atoms in total. The van der Waals surface area contributed by atoms with Gasteiger partial charge < -0.3 is 5.11 Å². The number of nitrogens with zero attached hydrogens (tertiary/aromatic N) is 2. The minimum absolute atomic E-state index is 0.0926. The Morgan fingerprint density at radius 3 is 2.74 bits per heavy atom. The third-order valence-electron chi connectivity index (χ3n) is 3.57. The Labute approximate surface area is 120 Å². The molecule has 19 heavy (non-hydrogen) atoms. The van der Waals surface area contributed by atoms with Crippen LogP contribution in [0.1, 0.15) is 24.8 Å². The number of rotatable bonds is 6. The average Bonchev–Trinajstić information content (AvgIpc) is 2.29. The summed E-state index contributed by atoms with van der Waals surface area (Å²) in [4.78, 5) is 12.7. The zero-order chi connectivity index (χ0) is 13.8. The molecule has 0 heterocycles. The minimum Gasteiger partial charge on any atom is -0.395 e. The predicted octanol–water partition coefficient (Wildman–Crippen LogP) is 2.70. The Morgan fingerprint density at radius 2 is 2.21 bits per heavy atom. The van der Waals surface area contributed by atoms with Crippen molar-refractivity contribution in [2.24, 2.45) is 0 Å². The molecule has 0 aromatic heterocycles. The molecule has 104 valence electrons. The SMILES string of the molecule is O=[N+]([O-])c1cc(CN(CCO)C2CCC2)ccc1Br. The van der Waals surface area contributed by atoms with Gasteiger partial charge in [0.05, 0.1) is 16.0 Å². The van der Waals surface area contributed by atoms with E-state index < -0.39 is 0 Å². The average molecular weight is 329 g/mol. The van der Waals surface area contributed by atoms with E-state index >= 15 is 0 Å². The third-order valence-corrected chi connectivity index (χ3v) is 4.24. The summed E-state index contributed by atoms with van der Waals surface area (Å²) in [6.07, 6.45) is 3.53. The highest BCUT2D eigenvalue weighted by molar-refractivity contribution is 9.10. The Hall–Kier alpha value is -0.980. The van der Waals surface area contributed by atoms with E-state index in [1.165, 1.54) is 6.42 Å². The maximum atomic E-state index is 10.9. The van der Waals surface area contributed by atoms with E-state index in [4.69, 9.17) is 5.11 Å². The first-order valence-electron chi connectivity index (χ1n) is 6.39. The van der Waals surface area contributed by atoms with E-state index in [2.05, 4.69) is 20.8 Å². The number of nitro benzene ring substituents is 1. The van der Waals surface area contributed by atoms with Gasteiger partial charge in [-0.3, -0.25) is 15.0 Å². The fourth-order valence-electron chi connectivity index (χ4n) is 2.30. The quantitative estimate of drug-likeness (QED) is 0.644. The summed E-state index contributed by atoms with van der Waals surface area (Å²) in [6.45, 7) is 1.39. The predicted molar refractivity (Wildman–Crippen MR) is 75.9 cm³/mol. The lowest BCUT2D eigenvalue weighted by Crippen LogP contribution is -2.41. The molecular formula is C13H17BrN2O3. The second-order valence-corrected chi connectivity index (χ2v) is 5.68. The fraction of sp³-hybridized carbons (Fsp3) is 0.538. The smallest absolute Gasteiger partial charge is 0.283 e. The van der Waals surface area contributed by atoms with Crippen LogP contribution in [-0.4, -0.2) is 34.1 Å². The van der Waals surface area contributed by atoms with Crippen molar-refractivity contribution in [3.8, 4) is 0 Å². The van der Waals surface area contributed by atoms with Gasteiger partial charge in [-0.05, 0) is 40.4 Å². The molecule has 0 radical (unpaired) electrons. The van der Waals surface area contributed by atoms with Crippen LogP contribution in [0.5, 0.6) is 0 Å². The highest BCUT2D eigenvalue weighted by Crippen LogP contribution is 2.29. The minimum atomic E-state index is -0.382. The number of halogens is 1. The maximum Gasteiger partial charge on any atom is 0.283 e. The molecule has 1 aromatic rings. The lowest BCUT2D eigenvalue weighted by Gasteiger charge is -2.37. The van der Waals surface area contributed by atoms with Crippen molar-refractivity contribution in [1.29, 1.82) is 0 Å². The number of hydrogen-bond donors (Lipinski definition) is 1. The molecule has 2 rings (SSSR count). The van der Waals surface area contributed by atoms with Gasteiger partial charge in [0.15, 0.2) is 0 Å². The molecule has 0 amide bonds. The van der Waals surface area contributed by atoms with Crippen LogP contribution in [0, 0.1) is 10.1 Å². The first-order chi connectivity index (χ1) is 9.11. The second-order valence-electron chi connectivity index (χ2n) is 4.82. The molecule has 0 saturated heterocycles. The summed E-state index contributed by atoms with van der Waals surface area (Å²) >= 11 is 3.19. The zero-order valence-corrected chi connectivity index (χ0v) is 12.2. The van der Waals surface area contributed by atoms with Crippen LogP contribution in [-0.2, 0) is 6.54 Å². The number of aliphatic hydroxyl groups is 1. The van der Waals surface area contributed by atoms with Crippen molar-refractivity contribution in [2.45, 2.75) is 31.8 Å². The Morgan fingerprint density at radius 1 is 1.47 bits per heavy atom. The summed E-state index contributed by atoms with van der Waals surface area (Å²) in [7, 11) is 0. The topological polar surface area (TPSA) is 66.6 Å². The summed E-state index contributed by atoms with van der Waals surface area (Å²) in [5.41, 5.74) is 1.00. The molecule has 1 aromatic carbocycles. The van der Waals surface area contributed by atoms with Crippen LogP contribution in [0.2, 0.25) is 0 Å². The van der Waals surface area contributed by atoms with Crippen molar-refractivity contribution in [2.75, 3.05) is 13.2 Å². The highest BCUT2D eigenvalue weighted by atomic mass is 79.9. The second kappa shape index (κ2) is 6.45. The molecular weight excluding hydrogens is 312 g/mol. The van der Waals surface area contributed by atoms with E-state index in [0.717, 1.165) is 18.4 Å². The van der Waals surface area contributed by atoms with Gasteiger partial charge in [0.2, 0.25) is 0 Å². The van der Waals surface area contributed by atoms with Gasteiger partial charge in [-0.2, -0.15) is 0 Å². The molecule has 0 bridgehead atoms. The molecule has 6 heteroatoms. The van der Waals surface area contributed by atoms with Crippen LogP contribution in [0.4, 0.5) is 5.69 Å². The number of benzene rings is 1. The Bertz CT molecular complexity index is 463. The number of nitro groups is 1. The molecule has 1 aliphatic rings. The normalized spacial score (nSPS) is 15.5. The Balaban J connectivity index is 2.12. The van der Waals surface area contributed by atoms with E-state index in [0.29, 0.717) is 23.6 Å². The molecule has 0 aliphatic heterocycles. The molecule has 1 aliphatic carbocycles. The first kappa shape index (κ1) is 14.4. The molecule has 0 atom stereocenters. The fourth-order valence-corrected chi connectivity index (χ4v) is 2.69. The van der Waals surface area contributed by atoms with Crippen molar-refractivity contribution >= 4 is 21.6 Å². The lowest BCUT2D eigenvalue weighted by atomic mass is 9.91. The molecule has 1 fully saturated rings. The number of aliphatic hydroxyl groups excluding tert-OH is 1. The molecule has 1 N–H and O–H groups in total. The van der Waals surface area contributed by atoms with Crippen LogP contribution in [0.25, 0.3) is 0 Å². The number of hydrogen-bond acceptors (Lipinski definition) is 4.